The number of carbonyl (C=O) groups is 1. The Hall–Kier alpha value is -4.81. The van der Waals surface area contributed by atoms with Gasteiger partial charge in [0.15, 0.2) is 11.5 Å². The quantitative estimate of drug-likeness (QED) is 0.392. The van der Waals surface area contributed by atoms with Crippen molar-refractivity contribution >= 4 is 11.6 Å². The standard InChI is InChI=1S/C21H11F7N8O/c22-15-3-1-2-11(16(15)20(23,24)25)10-35-17(21(26,27)28)14(9-33-35)19(37)34-13-6-12(7-29)18(30-8-13)36-31-4-5-32-36/h1-6,8-9H,10H2,(H,34,37). The number of alkyl halides is 6. The van der Waals surface area contributed by atoms with Crippen LogP contribution in [0.2, 0.25) is 0 Å². The van der Waals surface area contributed by atoms with E-state index in [4.69, 9.17) is 0 Å². The topological polar surface area (TPSA) is 114 Å². The third-order valence-corrected chi connectivity index (χ3v) is 4.91. The van der Waals surface area contributed by atoms with Crippen LogP contribution >= 0.6 is 0 Å². The molecule has 190 valence electrons. The molecule has 4 aromatic rings. The lowest BCUT2D eigenvalue weighted by atomic mass is 10.1. The van der Waals surface area contributed by atoms with Gasteiger partial charge in [0.25, 0.3) is 5.91 Å². The lowest BCUT2D eigenvalue weighted by Gasteiger charge is -2.16. The van der Waals surface area contributed by atoms with Crippen LogP contribution in [0, 0.1) is 17.1 Å². The van der Waals surface area contributed by atoms with Crippen LogP contribution in [0.3, 0.4) is 0 Å². The molecule has 0 aliphatic carbocycles. The van der Waals surface area contributed by atoms with Crippen LogP contribution in [-0.4, -0.2) is 35.7 Å². The molecule has 1 aromatic carbocycles. The first kappa shape index (κ1) is 25.3. The van der Waals surface area contributed by atoms with Gasteiger partial charge in [-0.1, -0.05) is 12.1 Å². The van der Waals surface area contributed by atoms with E-state index in [1.54, 1.807) is 6.07 Å². The number of hydrogen-bond acceptors (Lipinski definition) is 6. The van der Waals surface area contributed by atoms with Gasteiger partial charge < -0.3 is 5.32 Å². The molecule has 0 fully saturated rings. The molecule has 4 rings (SSSR count). The van der Waals surface area contributed by atoms with Gasteiger partial charge in [-0.15, -0.1) is 4.80 Å². The number of benzene rings is 1. The van der Waals surface area contributed by atoms with Crippen LogP contribution in [0.5, 0.6) is 0 Å². The molecule has 0 aliphatic heterocycles. The molecule has 1 amide bonds. The molecule has 3 aromatic heterocycles. The van der Waals surface area contributed by atoms with E-state index >= 15 is 0 Å². The van der Waals surface area contributed by atoms with Crippen molar-refractivity contribution in [1.29, 1.82) is 5.26 Å². The Morgan fingerprint density at radius 2 is 1.73 bits per heavy atom. The second kappa shape index (κ2) is 9.33. The van der Waals surface area contributed by atoms with Crippen molar-refractivity contribution in [3.8, 4) is 11.9 Å². The average molecular weight is 524 g/mol. The fourth-order valence-electron chi connectivity index (χ4n) is 3.44. The Bertz CT molecular complexity index is 1500. The van der Waals surface area contributed by atoms with Crippen molar-refractivity contribution in [3.63, 3.8) is 0 Å². The van der Waals surface area contributed by atoms with Crippen molar-refractivity contribution in [1.82, 2.24) is 29.8 Å². The van der Waals surface area contributed by atoms with Crippen LogP contribution in [0.15, 0.2) is 49.1 Å². The molecule has 0 unspecified atom stereocenters. The normalized spacial score (nSPS) is 11.8. The van der Waals surface area contributed by atoms with Crippen molar-refractivity contribution < 1.29 is 35.5 Å². The predicted molar refractivity (Wildman–Crippen MR) is 110 cm³/mol. The summed E-state index contributed by atoms with van der Waals surface area (Å²) in [5, 5.41) is 22.5. The van der Waals surface area contributed by atoms with Gasteiger partial charge in [0, 0.05) is 0 Å². The number of halogens is 7. The number of hydrogen-bond donors (Lipinski definition) is 1. The molecule has 3 heterocycles. The van der Waals surface area contributed by atoms with Gasteiger partial charge in [0.2, 0.25) is 0 Å². The van der Waals surface area contributed by atoms with Crippen molar-refractivity contribution in [2.24, 2.45) is 0 Å². The van der Waals surface area contributed by atoms with Crippen LogP contribution in [0.4, 0.5) is 36.4 Å². The molecule has 9 nitrogen and oxygen atoms in total. The summed E-state index contributed by atoms with van der Waals surface area (Å²) in [6.45, 7) is -1.12. The van der Waals surface area contributed by atoms with E-state index in [9.17, 15) is 40.8 Å². The second-order valence-corrected chi connectivity index (χ2v) is 7.31. The predicted octanol–water partition coefficient (Wildman–Crippen LogP) is 4.21. The number of carbonyl (C=O) groups excluding carboxylic acids is 1. The molecule has 0 radical (unpaired) electrons. The van der Waals surface area contributed by atoms with Gasteiger partial charge in [-0.2, -0.15) is 46.9 Å². The smallest absolute Gasteiger partial charge is 0.320 e. The maximum atomic E-state index is 13.9. The summed E-state index contributed by atoms with van der Waals surface area (Å²) in [4.78, 5) is 17.6. The number of amides is 1. The number of aromatic nitrogens is 6. The Kier molecular flexibility index (Phi) is 6.38. The van der Waals surface area contributed by atoms with Gasteiger partial charge in [0.1, 0.15) is 17.4 Å². The Morgan fingerprint density at radius 1 is 1.03 bits per heavy atom. The van der Waals surface area contributed by atoms with Crippen LogP contribution in [0.25, 0.3) is 5.82 Å². The minimum Gasteiger partial charge on any atom is -0.320 e. The first-order chi connectivity index (χ1) is 17.4. The molecule has 37 heavy (non-hydrogen) atoms. The van der Waals surface area contributed by atoms with Gasteiger partial charge in [0.05, 0.1) is 48.1 Å². The number of nitrogens with one attached hydrogen (secondary N) is 1. The maximum absolute atomic E-state index is 13.9. The summed E-state index contributed by atoms with van der Waals surface area (Å²) < 4.78 is 95.6. The van der Waals surface area contributed by atoms with E-state index in [1.165, 1.54) is 12.4 Å². The van der Waals surface area contributed by atoms with Crippen LogP contribution in [-0.2, 0) is 18.9 Å². The van der Waals surface area contributed by atoms with E-state index in [-0.39, 0.29) is 21.8 Å². The first-order valence-electron chi connectivity index (χ1n) is 9.96. The fourth-order valence-corrected chi connectivity index (χ4v) is 3.44. The van der Waals surface area contributed by atoms with Crippen LogP contribution < -0.4 is 5.32 Å². The molecule has 0 saturated carbocycles. The number of rotatable bonds is 5. The molecular formula is C21H11F7N8O. The van der Waals surface area contributed by atoms with Crippen molar-refractivity contribution in [2.45, 2.75) is 18.9 Å². The highest BCUT2D eigenvalue weighted by molar-refractivity contribution is 6.05. The number of pyridine rings is 1. The van der Waals surface area contributed by atoms with Crippen molar-refractivity contribution in [3.05, 3.63) is 82.8 Å². The zero-order chi connectivity index (χ0) is 27.0. The van der Waals surface area contributed by atoms with E-state index in [1.807, 2.05) is 0 Å². The number of nitriles is 1. The third kappa shape index (κ3) is 5.10. The molecule has 0 aliphatic rings. The summed E-state index contributed by atoms with van der Waals surface area (Å²) in [6.07, 6.45) is -6.22. The summed E-state index contributed by atoms with van der Waals surface area (Å²) >= 11 is 0. The SMILES string of the molecule is N#Cc1cc(NC(=O)c2cnn(Cc3cccc(F)c3C(F)(F)F)c2C(F)(F)F)cnc1-n1nccn1. The summed E-state index contributed by atoms with van der Waals surface area (Å²) in [7, 11) is 0. The Balaban J connectivity index is 1.68. The van der Waals surface area contributed by atoms with Gasteiger partial charge in [-0.05, 0) is 17.7 Å². The monoisotopic (exact) mass is 524 g/mol. The maximum Gasteiger partial charge on any atom is 0.433 e. The van der Waals surface area contributed by atoms with Gasteiger partial charge >= 0.3 is 12.4 Å². The highest BCUT2D eigenvalue weighted by Crippen LogP contribution is 2.36. The average Bonchev–Trinajstić information content (AvgIpc) is 3.48. The van der Waals surface area contributed by atoms with Crippen LogP contribution in [0.1, 0.15) is 32.7 Å². The lowest BCUT2D eigenvalue weighted by Crippen LogP contribution is -2.23. The summed E-state index contributed by atoms with van der Waals surface area (Å²) in [6, 6.07) is 5.14. The molecule has 0 bridgehead atoms. The first-order valence-corrected chi connectivity index (χ1v) is 9.96. The number of anilines is 1. The van der Waals surface area contributed by atoms with E-state index in [0.29, 0.717) is 12.3 Å². The molecule has 0 atom stereocenters. The Labute approximate surface area is 201 Å². The minimum absolute atomic E-state index is 0.00939. The van der Waals surface area contributed by atoms with E-state index < -0.39 is 53.0 Å². The number of nitrogens with zero attached hydrogens (tertiary/aromatic N) is 7. The van der Waals surface area contributed by atoms with Gasteiger partial charge in [-0.3, -0.25) is 9.48 Å². The molecule has 0 spiro atoms. The highest BCUT2D eigenvalue weighted by atomic mass is 19.4. The zero-order valence-corrected chi connectivity index (χ0v) is 18.0. The van der Waals surface area contributed by atoms with Gasteiger partial charge in [-0.25, -0.2) is 9.37 Å². The second-order valence-electron chi connectivity index (χ2n) is 7.31. The zero-order valence-electron chi connectivity index (χ0n) is 18.0. The van der Waals surface area contributed by atoms with Crippen molar-refractivity contribution in [2.75, 3.05) is 5.32 Å². The molecule has 16 heteroatoms. The fraction of sp³-hybridized carbons (Fsp3) is 0.143. The minimum atomic E-state index is -5.22. The molecule has 0 saturated heterocycles. The summed E-state index contributed by atoms with van der Waals surface area (Å²) in [5.41, 5.74) is -5.53. The highest BCUT2D eigenvalue weighted by Gasteiger charge is 2.41. The largest absolute Gasteiger partial charge is 0.433 e. The lowest BCUT2D eigenvalue weighted by molar-refractivity contribution is -0.144. The molecule has 1 N–H and O–H groups in total. The molecular weight excluding hydrogens is 513 g/mol. The third-order valence-electron chi connectivity index (χ3n) is 4.91. The van der Waals surface area contributed by atoms with E-state index in [2.05, 4.69) is 25.6 Å². The Morgan fingerprint density at radius 3 is 2.35 bits per heavy atom. The van der Waals surface area contributed by atoms with E-state index in [0.717, 1.165) is 29.2 Å². The summed E-state index contributed by atoms with van der Waals surface area (Å²) in [5.74, 6) is -3.01.